The molecule has 0 fully saturated rings. The maximum atomic E-state index is 13.3. The molecule has 1 aromatic heterocycles. The highest BCUT2D eigenvalue weighted by atomic mass is 35.5. The molecule has 0 aliphatic heterocycles. The van der Waals surface area contributed by atoms with E-state index >= 15 is 0 Å². The summed E-state index contributed by atoms with van der Waals surface area (Å²) in [6.45, 7) is 2.70. The van der Waals surface area contributed by atoms with Crippen molar-refractivity contribution in [2.45, 2.75) is 24.9 Å². The summed E-state index contributed by atoms with van der Waals surface area (Å²) in [5.41, 5.74) is 0.811. The molecule has 1 N–H and O–H groups in total. The lowest BCUT2D eigenvalue weighted by molar-refractivity contribution is -0.118. The number of fused-ring (bicyclic) bond motifs is 1. The molecule has 0 aliphatic carbocycles. The highest BCUT2D eigenvalue weighted by molar-refractivity contribution is 7.99. The predicted octanol–water partition coefficient (Wildman–Crippen LogP) is 4.06. The first kappa shape index (κ1) is 21.2. The van der Waals surface area contributed by atoms with E-state index < -0.39 is 0 Å². The molecule has 1 amide bonds. The van der Waals surface area contributed by atoms with Crippen molar-refractivity contribution in [3.63, 3.8) is 0 Å². The van der Waals surface area contributed by atoms with Gasteiger partial charge in [0, 0.05) is 11.6 Å². The van der Waals surface area contributed by atoms with Gasteiger partial charge in [0.05, 0.1) is 29.5 Å². The van der Waals surface area contributed by atoms with E-state index in [2.05, 4.69) is 17.2 Å². The second-order valence-corrected chi connectivity index (χ2v) is 7.74. The number of amides is 1. The molecule has 29 heavy (non-hydrogen) atoms. The van der Waals surface area contributed by atoms with Crippen LogP contribution >= 0.6 is 23.4 Å². The molecule has 0 bridgehead atoms. The minimum absolute atomic E-state index is 0.101. The van der Waals surface area contributed by atoms with E-state index in [9.17, 15) is 9.59 Å². The van der Waals surface area contributed by atoms with E-state index in [0.29, 0.717) is 39.1 Å². The Morgan fingerprint density at radius 3 is 2.83 bits per heavy atom. The highest BCUT2D eigenvalue weighted by Gasteiger charge is 2.17. The van der Waals surface area contributed by atoms with Gasteiger partial charge in [-0.2, -0.15) is 0 Å². The molecule has 0 radical (unpaired) electrons. The van der Waals surface area contributed by atoms with Gasteiger partial charge in [-0.1, -0.05) is 48.8 Å². The topological polar surface area (TPSA) is 73.2 Å². The van der Waals surface area contributed by atoms with Crippen LogP contribution < -0.4 is 15.6 Å². The maximum Gasteiger partial charge on any atom is 0.266 e. The number of nitrogens with zero attached hydrogens (tertiary/aromatic N) is 2. The van der Waals surface area contributed by atoms with Crippen LogP contribution in [0.1, 0.15) is 19.8 Å². The van der Waals surface area contributed by atoms with Gasteiger partial charge in [0.15, 0.2) is 5.16 Å². The number of rotatable bonds is 8. The first-order chi connectivity index (χ1) is 14.0. The smallest absolute Gasteiger partial charge is 0.266 e. The first-order valence-electron chi connectivity index (χ1n) is 9.30. The van der Waals surface area contributed by atoms with Gasteiger partial charge in [0.25, 0.3) is 5.56 Å². The van der Waals surface area contributed by atoms with Crippen molar-refractivity contribution in [1.29, 1.82) is 0 Å². The summed E-state index contributed by atoms with van der Waals surface area (Å²) in [4.78, 5) is 30.1. The van der Waals surface area contributed by atoms with E-state index in [1.165, 1.54) is 16.3 Å². The van der Waals surface area contributed by atoms with Gasteiger partial charge in [-0.3, -0.25) is 14.2 Å². The summed E-state index contributed by atoms with van der Waals surface area (Å²) in [6.07, 6.45) is 1.93. The van der Waals surface area contributed by atoms with Crippen LogP contribution in [0.4, 0.5) is 0 Å². The number of halogens is 1. The molecule has 8 heteroatoms. The van der Waals surface area contributed by atoms with Crippen molar-refractivity contribution >= 4 is 40.2 Å². The van der Waals surface area contributed by atoms with Gasteiger partial charge in [0.2, 0.25) is 5.91 Å². The van der Waals surface area contributed by atoms with Crippen molar-refractivity contribution in [3.8, 4) is 11.4 Å². The fraction of sp³-hybridized carbons (Fsp3) is 0.286. The van der Waals surface area contributed by atoms with Gasteiger partial charge in [-0.25, -0.2) is 4.98 Å². The monoisotopic (exact) mass is 431 g/mol. The summed E-state index contributed by atoms with van der Waals surface area (Å²) in [5.74, 6) is 0.589. The number of nitrogens with one attached hydrogen (secondary N) is 1. The number of carbonyl (C=O) groups excluding carboxylic acids is 1. The molecule has 3 rings (SSSR count). The molecule has 152 valence electrons. The van der Waals surface area contributed by atoms with Crippen LogP contribution in [0.3, 0.4) is 0 Å². The van der Waals surface area contributed by atoms with E-state index in [1.807, 2.05) is 12.1 Å². The number of ether oxygens (including phenoxy) is 1. The average molecular weight is 432 g/mol. The number of hydrogen-bond acceptors (Lipinski definition) is 5. The molecule has 3 aromatic rings. The Kier molecular flexibility index (Phi) is 7.17. The summed E-state index contributed by atoms with van der Waals surface area (Å²) in [5, 5.41) is 4.21. The van der Waals surface area contributed by atoms with Crippen LogP contribution in [0.5, 0.6) is 5.75 Å². The van der Waals surface area contributed by atoms with E-state index in [4.69, 9.17) is 16.3 Å². The number of aromatic nitrogens is 2. The zero-order chi connectivity index (χ0) is 20.8. The van der Waals surface area contributed by atoms with Gasteiger partial charge in [0.1, 0.15) is 5.75 Å². The van der Waals surface area contributed by atoms with E-state index in [0.717, 1.165) is 12.8 Å². The van der Waals surface area contributed by atoms with Gasteiger partial charge in [-0.05, 0) is 36.8 Å². The molecular formula is C21H22ClN3O3S. The molecule has 0 saturated carbocycles. The third kappa shape index (κ3) is 4.92. The molecule has 1 heterocycles. The Morgan fingerprint density at radius 2 is 2.07 bits per heavy atom. The van der Waals surface area contributed by atoms with Crippen LogP contribution in [0.25, 0.3) is 16.6 Å². The number of benzene rings is 2. The minimum Gasteiger partial charge on any atom is -0.495 e. The molecule has 0 atom stereocenters. The minimum atomic E-state index is -0.245. The molecule has 0 saturated heterocycles. The maximum absolute atomic E-state index is 13.3. The zero-order valence-corrected chi connectivity index (χ0v) is 17.8. The van der Waals surface area contributed by atoms with Gasteiger partial charge in [-0.15, -0.1) is 0 Å². The summed E-state index contributed by atoms with van der Waals surface area (Å²) >= 11 is 7.29. The molecule has 2 aromatic carbocycles. The molecule has 0 unspecified atom stereocenters. The zero-order valence-electron chi connectivity index (χ0n) is 16.3. The van der Waals surface area contributed by atoms with Crippen molar-refractivity contribution in [2.24, 2.45) is 0 Å². The lowest BCUT2D eigenvalue weighted by atomic mass is 10.2. The Hall–Kier alpha value is -2.51. The number of hydrogen-bond donors (Lipinski definition) is 1. The van der Waals surface area contributed by atoms with Crippen molar-refractivity contribution in [3.05, 3.63) is 57.8 Å². The third-order valence-electron chi connectivity index (χ3n) is 4.31. The first-order valence-corrected chi connectivity index (χ1v) is 10.7. The number of methoxy groups -OCH3 is 1. The SMILES string of the molecule is CCCCNC(=O)CSc1nc2cc(Cl)ccc2c(=O)n1-c1ccccc1OC. The van der Waals surface area contributed by atoms with Crippen LogP contribution in [-0.4, -0.2) is 34.9 Å². The second kappa shape index (κ2) is 9.80. The number of carbonyl (C=O) groups is 1. The molecule has 0 spiro atoms. The standard InChI is InChI=1S/C21H22ClN3O3S/c1-3-4-11-23-19(26)13-29-21-24-16-12-14(22)9-10-15(16)20(27)25(21)17-7-5-6-8-18(17)28-2/h5-10,12H,3-4,11,13H2,1-2H3,(H,23,26). The number of thioether (sulfide) groups is 1. The highest BCUT2D eigenvalue weighted by Crippen LogP contribution is 2.27. The average Bonchev–Trinajstić information content (AvgIpc) is 2.72. The quantitative estimate of drug-likeness (QED) is 0.331. The van der Waals surface area contributed by atoms with E-state index in [1.54, 1.807) is 37.4 Å². The normalized spacial score (nSPS) is 10.9. The summed E-state index contributed by atoms with van der Waals surface area (Å²) < 4.78 is 6.92. The second-order valence-electron chi connectivity index (χ2n) is 6.36. The third-order valence-corrected chi connectivity index (χ3v) is 5.49. The lowest BCUT2D eigenvalue weighted by Crippen LogP contribution is -2.27. The molecular weight excluding hydrogens is 410 g/mol. The van der Waals surface area contributed by atoms with Crippen LogP contribution in [0.2, 0.25) is 5.02 Å². The predicted molar refractivity (Wildman–Crippen MR) is 118 cm³/mol. The molecule has 6 nitrogen and oxygen atoms in total. The Bertz CT molecular complexity index is 1080. The fourth-order valence-corrected chi connectivity index (χ4v) is 3.85. The Labute approximate surface area is 178 Å². The summed E-state index contributed by atoms with van der Waals surface area (Å²) in [7, 11) is 1.55. The van der Waals surface area contributed by atoms with Crippen molar-refractivity contribution in [2.75, 3.05) is 19.4 Å². The van der Waals surface area contributed by atoms with Gasteiger partial charge >= 0.3 is 0 Å². The Morgan fingerprint density at radius 1 is 1.28 bits per heavy atom. The van der Waals surface area contributed by atoms with Crippen molar-refractivity contribution < 1.29 is 9.53 Å². The van der Waals surface area contributed by atoms with Gasteiger partial charge < -0.3 is 10.1 Å². The fourth-order valence-electron chi connectivity index (χ4n) is 2.85. The Balaban J connectivity index is 2.06. The number of para-hydroxylation sites is 2. The van der Waals surface area contributed by atoms with E-state index in [-0.39, 0.29) is 17.2 Å². The van der Waals surface area contributed by atoms with Crippen molar-refractivity contribution in [1.82, 2.24) is 14.9 Å². The number of unbranched alkanes of at least 4 members (excludes halogenated alkanes) is 1. The largest absolute Gasteiger partial charge is 0.495 e. The van der Waals surface area contributed by atoms with Crippen LogP contribution in [0.15, 0.2) is 52.4 Å². The lowest BCUT2D eigenvalue weighted by Gasteiger charge is -2.15. The summed E-state index contributed by atoms with van der Waals surface area (Å²) in [6, 6.07) is 12.2. The van der Waals surface area contributed by atoms with Crippen LogP contribution in [0, 0.1) is 0 Å². The molecule has 0 aliphatic rings. The van der Waals surface area contributed by atoms with Crippen LogP contribution in [-0.2, 0) is 4.79 Å².